The van der Waals surface area contributed by atoms with E-state index in [1.807, 2.05) is 0 Å². The Kier molecular flexibility index (Phi) is 2.28. The third kappa shape index (κ3) is 1.29. The Morgan fingerprint density at radius 2 is 2.30 bits per heavy atom. The minimum atomic E-state index is 1.03. The lowest BCUT2D eigenvalue weighted by atomic mass is 10.0. The first kappa shape index (κ1) is 7.55. The van der Waals surface area contributed by atoms with Crippen molar-refractivity contribution in [3.63, 3.8) is 0 Å². The zero-order valence-electron chi connectivity index (χ0n) is 6.83. The largest absolute Gasteiger partial charge is 0.309 e. The van der Waals surface area contributed by atoms with Gasteiger partial charge in [-0.15, -0.1) is 0 Å². The van der Waals surface area contributed by atoms with Crippen molar-refractivity contribution in [3.8, 4) is 0 Å². The van der Waals surface area contributed by atoms with Crippen molar-refractivity contribution < 1.29 is 0 Å². The Balaban J connectivity index is 2.78. The summed E-state index contributed by atoms with van der Waals surface area (Å²) >= 11 is 0. The summed E-state index contributed by atoms with van der Waals surface area (Å²) in [6, 6.07) is 0. The Bertz CT molecular complexity index is 177. The summed E-state index contributed by atoms with van der Waals surface area (Å²) in [6.45, 7) is 10.3. The molecule has 1 N–H and O–H groups in total. The molecule has 0 amide bonds. The van der Waals surface area contributed by atoms with E-state index >= 15 is 0 Å². The smallest absolute Gasteiger partial charge is 0.0211 e. The van der Waals surface area contributed by atoms with Crippen molar-refractivity contribution in [2.45, 2.75) is 20.3 Å². The number of rotatable bonds is 2. The van der Waals surface area contributed by atoms with Crippen LogP contribution in [-0.4, -0.2) is 13.1 Å². The minimum absolute atomic E-state index is 1.03. The normalized spacial score (nSPS) is 18.2. The summed E-state index contributed by atoms with van der Waals surface area (Å²) in [5.74, 6) is 0. The fraction of sp³-hybridized carbons (Fsp3) is 0.556. The summed E-state index contributed by atoms with van der Waals surface area (Å²) in [5.41, 5.74) is 4.21. The number of hydrogen-bond acceptors (Lipinski definition) is 1. The van der Waals surface area contributed by atoms with Crippen LogP contribution in [-0.2, 0) is 0 Å². The first-order valence-electron chi connectivity index (χ1n) is 3.83. The molecular weight excluding hydrogens is 122 g/mol. The molecular formula is C9H15N. The van der Waals surface area contributed by atoms with Crippen molar-refractivity contribution in [1.82, 2.24) is 5.32 Å². The highest BCUT2D eigenvalue weighted by molar-refractivity contribution is 5.36. The molecule has 0 saturated carbocycles. The van der Waals surface area contributed by atoms with Crippen LogP contribution in [0.25, 0.3) is 0 Å². The third-order valence-corrected chi connectivity index (χ3v) is 2.01. The van der Waals surface area contributed by atoms with E-state index in [-0.39, 0.29) is 0 Å². The predicted octanol–water partition coefficient (Wildman–Crippen LogP) is 1.87. The fourth-order valence-corrected chi connectivity index (χ4v) is 1.36. The molecule has 0 aliphatic carbocycles. The molecule has 1 nitrogen and oxygen atoms in total. The first-order chi connectivity index (χ1) is 4.75. The second kappa shape index (κ2) is 3.02. The van der Waals surface area contributed by atoms with E-state index in [1.165, 1.54) is 16.7 Å². The molecule has 1 aliphatic heterocycles. The maximum absolute atomic E-state index is 3.94. The second-order valence-corrected chi connectivity index (χ2v) is 2.82. The second-order valence-electron chi connectivity index (χ2n) is 2.82. The molecule has 0 fully saturated rings. The van der Waals surface area contributed by atoms with Crippen molar-refractivity contribution in [3.05, 3.63) is 23.3 Å². The monoisotopic (exact) mass is 137 g/mol. The maximum atomic E-state index is 3.94. The van der Waals surface area contributed by atoms with Gasteiger partial charge in [-0.2, -0.15) is 0 Å². The van der Waals surface area contributed by atoms with Crippen LogP contribution in [0.15, 0.2) is 23.3 Å². The summed E-state index contributed by atoms with van der Waals surface area (Å²) < 4.78 is 0. The molecule has 0 saturated heterocycles. The lowest BCUT2D eigenvalue weighted by Gasteiger charge is -2.01. The van der Waals surface area contributed by atoms with Crippen molar-refractivity contribution in [1.29, 1.82) is 0 Å². The standard InChI is InChI=1S/C9H15N/c1-4-8-5-10-6-9(8)7(2)3/h10H,2,4-6H2,1,3H3. The Hall–Kier alpha value is -0.560. The molecule has 0 atom stereocenters. The SMILES string of the molecule is C=C(C)C1=C(CC)CNC1. The molecule has 0 spiro atoms. The summed E-state index contributed by atoms with van der Waals surface area (Å²) in [6.07, 6.45) is 1.16. The van der Waals surface area contributed by atoms with Gasteiger partial charge in [-0.1, -0.05) is 24.6 Å². The van der Waals surface area contributed by atoms with Gasteiger partial charge in [0.1, 0.15) is 0 Å². The minimum Gasteiger partial charge on any atom is -0.309 e. The molecule has 0 unspecified atom stereocenters. The molecule has 1 heteroatoms. The molecule has 10 heavy (non-hydrogen) atoms. The van der Waals surface area contributed by atoms with E-state index < -0.39 is 0 Å². The van der Waals surface area contributed by atoms with E-state index in [2.05, 4.69) is 25.7 Å². The van der Waals surface area contributed by atoms with Crippen LogP contribution in [0.3, 0.4) is 0 Å². The van der Waals surface area contributed by atoms with E-state index in [1.54, 1.807) is 0 Å². The van der Waals surface area contributed by atoms with Crippen LogP contribution in [0.5, 0.6) is 0 Å². The number of hydrogen-bond donors (Lipinski definition) is 1. The van der Waals surface area contributed by atoms with E-state index in [4.69, 9.17) is 0 Å². The van der Waals surface area contributed by atoms with Gasteiger partial charge in [-0.05, 0) is 18.9 Å². The summed E-state index contributed by atoms with van der Waals surface area (Å²) in [4.78, 5) is 0. The topological polar surface area (TPSA) is 12.0 Å². The lowest BCUT2D eigenvalue weighted by Crippen LogP contribution is -2.08. The van der Waals surface area contributed by atoms with Gasteiger partial charge in [0.15, 0.2) is 0 Å². The maximum Gasteiger partial charge on any atom is 0.0211 e. The van der Waals surface area contributed by atoms with Crippen LogP contribution in [0.1, 0.15) is 20.3 Å². The van der Waals surface area contributed by atoms with Crippen molar-refractivity contribution in [2.75, 3.05) is 13.1 Å². The molecule has 0 aromatic heterocycles. The highest BCUT2D eigenvalue weighted by atomic mass is 14.9. The molecule has 0 radical (unpaired) electrons. The first-order valence-corrected chi connectivity index (χ1v) is 3.83. The van der Waals surface area contributed by atoms with Crippen LogP contribution in [0.2, 0.25) is 0 Å². The van der Waals surface area contributed by atoms with Crippen LogP contribution >= 0.6 is 0 Å². The molecule has 0 bridgehead atoms. The van der Waals surface area contributed by atoms with Gasteiger partial charge >= 0.3 is 0 Å². The van der Waals surface area contributed by atoms with Gasteiger partial charge in [0.05, 0.1) is 0 Å². The van der Waals surface area contributed by atoms with Gasteiger partial charge < -0.3 is 5.32 Å². The molecule has 1 rings (SSSR count). The summed E-state index contributed by atoms with van der Waals surface area (Å²) in [7, 11) is 0. The number of nitrogens with one attached hydrogen (secondary N) is 1. The third-order valence-electron chi connectivity index (χ3n) is 2.01. The summed E-state index contributed by atoms with van der Waals surface area (Å²) in [5, 5.41) is 3.32. The quantitative estimate of drug-likeness (QED) is 0.612. The van der Waals surface area contributed by atoms with Crippen LogP contribution in [0.4, 0.5) is 0 Å². The zero-order chi connectivity index (χ0) is 7.56. The average molecular weight is 137 g/mol. The zero-order valence-corrected chi connectivity index (χ0v) is 6.83. The van der Waals surface area contributed by atoms with Crippen molar-refractivity contribution >= 4 is 0 Å². The Labute approximate surface area is 62.8 Å². The Morgan fingerprint density at radius 3 is 2.70 bits per heavy atom. The lowest BCUT2D eigenvalue weighted by molar-refractivity contribution is 0.851. The average Bonchev–Trinajstić information content (AvgIpc) is 2.33. The van der Waals surface area contributed by atoms with Gasteiger partial charge in [0, 0.05) is 13.1 Å². The van der Waals surface area contributed by atoms with E-state index in [0.29, 0.717) is 0 Å². The van der Waals surface area contributed by atoms with Gasteiger partial charge in [0.25, 0.3) is 0 Å². The molecule has 1 aliphatic rings. The van der Waals surface area contributed by atoms with Crippen LogP contribution < -0.4 is 5.32 Å². The predicted molar refractivity (Wildman–Crippen MR) is 45.0 cm³/mol. The van der Waals surface area contributed by atoms with Gasteiger partial charge in [0.2, 0.25) is 0 Å². The Morgan fingerprint density at radius 1 is 1.60 bits per heavy atom. The highest BCUT2D eigenvalue weighted by Gasteiger charge is 2.11. The van der Waals surface area contributed by atoms with E-state index in [0.717, 1.165) is 19.5 Å². The molecule has 0 aromatic rings. The molecule has 56 valence electrons. The van der Waals surface area contributed by atoms with Gasteiger partial charge in [-0.25, -0.2) is 0 Å². The molecule has 1 heterocycles. The fourth-order valence-electron chi connectivity index (χ4n) is 1.36. The highest BCUT2D eigenvalue weighted by Crippen LogP contribution is 2.18. The van der Waals surface area contributed by atoms with Gasteiger partial charge in [-0.3, -0.25) is 0 Å². The van der Waals surface area contributed by atoms with Crippen molar-refractivity contribution in [2.24, 2.45) is 0 Å². The van der Waals surface area contributed by atoms with Crippen LogP contribution in [0, 0.1) is 0 Å². The van der Waals surface area contributed by atoms with E-state index in [9.17, 15) is 0 Å². The molecule has 0 aromatic carbocycles.